The molecule has 0 saturated heterocycles. The van der Waals surface area contributed by atoms with Crippen LogP contribution in [0.15, 0.2) is 71.9 Å². The lowest BCUT2D eigenvalue weighted by molar-refractivity contribution is -0.140. The van der Waals surface area contributed by atoms with Crippen molar-refractivity contribution < 1.29 is 28.6 Å². The number of amidine groups is 1. The van der Waals surface area contributed by atoms with E-state index in [0.717, 1.165) is 17.0 Å². The van der Waals surface area contributed by atoms with E-state index in [2.05, 4.69) is 15.3 Å². The van der Waals surface area contributed by atoms with Crippen molar-refractivity contribution in [2.24, 2.45) is 17.8 Å². The second kappa shape index (κ2) is 15.1. The third-order valence-electron chi connectivity index (χ3n) is 6.63. The summed E-state index contributed by atoms with van der Waals surface area (Å²) >= 11 is 0. The number of esters is 1. The lowest BCUT2D eigenvalue weighted by Crippen LogP contribution is -2.33. The van der Waals surface area contributed by atoms with Gasteiger partial charge in [0.25, 0.3) is 5.91 Å². The summed E-state index contributed by atoms with van der Waals surface area (Å²) in [6.45, 7) is 2.48. The smallest absolute Gasteiger partial charge is 0.469 e. The maximum atomic E-state index is 13.5. The van der Waals surface area contributed by atoms with Gasteiger partial charge in [-0.05, 0) is 61.0 Å². The number of rotatable bonds is 13. The summed E-state index contributed by atoms with van der Waals surface area (Å²) in [5, 5.41) is 3.34. The Bertz CT molecular complexity index is 1620. The number of benzene rings is 2. The minimum absolute atomic E-state index is 0.0326. The highest BCUT2D eigenvalue weighted by Gasteiger charge is 2.21. The van der Waals surface area contributed by atoms with Crippen molar-refractivity contribution in [2.75, 3.05) is 37.2 Å². The van der Waals surface area contributed by atoms with E-state index >= 15 is 0 Å². The Morgan fingerprint density at radius 1 is 1.05 bits per heavy atom. The van der Waals surface area contributed by atoms with E-state index in [9.17, 15) is 14.4 Å². The molecule has 0 atom stereocenters. The van der Waals surface area contributed by atoms with Crippen molar-refractivity contribution in [1.29, 1.82) is 0 Å². The van der Waals surface area contributed by atoms with Gasteiger partial charge in [-0.15, -0.1) is 0 Å². The molecule has 1 amide bonds. The number of fused-ring (bicyclic) bond motifs is 1. The molecule has 230 valence electrons. The first kappa shape index (κ1) is 31.5. The molecule has 0 spiro atoms. The molecule has 13 heteroatoms. The number of hydrogen-bond donors (Lipinski definition) is 2. The Morgan fingerprint density at radius 2 is 1.82 bits per heavy atom. The number of aromatic nitrogens is 3. The molecule has 0 aliphatic heterocycles. The molecule has 2 heterocycles. The molecule has 0 saturated carbocycles. The van der Waals surface area contributed by atoms with Gasteiger partial charge >= 0.3 is 12.1 Å². The van der Waals surface area contributed by atoms with Crippen LogP contribution in [0.5, 0.6) is 0 Å². The van der Waals surface area contributed by atoms with Gasteiger partial charge in [0.2, 0.25) is 0 Å². The number of carbonyl (C=O) groups is 3. The van der Waals surface area contributed by atoms with E-state index in [1.807, 2.05) is 36.7 Å². The highest BCUT2D eigenvalue weighted by Crippen LogP contribution is 2.21. The number of nitrogens with zero attached hydrogens (tertiary/aromatic N) is 5. The van der Waals surface area contributed by atoms with Crippen molar-refractivity contribution in [2.45, 2.75) is 26.3 Å². The third-order valence-corrected chi connectivity index (χ3v) is 6.63. The van der Waals surface area contributed by atoms with Gasteiger partial charge in [0.05, 0.1) is 37.7 Å². The number of aryl methyl sites for hydroxylation is 1. The highest BCUT2D eigenvalue weighted by molar-refractivity contribution is 6.07. The number of nitrogens with two attached hydrogens (primary N) is 1. The first-order valence-corrected chi connectivity index (χ1v) is 14.0. The molecule has 2 aromatic heterocycles. The fourth-order valence-electron chi connectivity index (χ4n) is 4.25. The van der Waals surface area contributed by atoms with Crippen LogP contribution in [0, 0.1) is 0 Å². The standard InChI is InChI=1S/C31H35N7O6/c1-4-17-43-31(41)44-20-35-29(32)21-8-11-23(12-9-21)34-19-27-36-24-18-22(10-13-25(24)37(27)2)30(40)38(16-14-28(39)42-3)26-7-5-6-15-33-26/h5-13,15,18,34H,4,14,16-17,19-20H2,1-3H3,(H2,32,35). The Kier molecular flexibility index (Phi) is 10.8. The number of ether oxygens (including phenoxy) is 3. The summed E-state index contributed by atoms with van der Waals surface area (Å²) in [7, 11) is 3.22. The third kappa shape index (κ3) is 8.09. The van der Waals surface area contributed by atoms with Gasteiger partial charge in [-0.1, -0.05) is 13.0 Å². The van der Waals surface area contributed by atoms with Gasteiger partial charge in [-0.2, -0.15) is 0 Å². The lowest BCUT2D eigenvalue weighted by atomic mass is 10.1. The Balaban J connectivity index is 1.42. The number of hydrogen-bond acceptors (Lipinski definition) is 10. The Labute approximate surface area is 254 Å². The van der Waals surface area contributed by atoms with E-state index in [1.165, 1.54) is 12.0 Å². The fraction of sp³-hybridized carbons (Fsp3) is 0.290. The normalized spacial score (nSPS) is 11.2. The number of carbonyl (C=O) groups excluding carboxylic acids is 3. The maximum Gasteiger partial charge on any atom is 0.510 e. The van der Waals surface area contributed by atoms with Gasteiger partial charge in [0.1, 0.15) is 17.5 Å². The average molecular weight is 602 g/mol. The molecule has 4 rings (SSSR count). The van der Waals surface area contributed by atoms with E-state index in [4.69, 9.17) is 24.9 Å². The van der Waals surface area contributed by atoms with E-state index in [-0.39, 0.29) is 38.0 Å². The summed E-state index contributed by atoms with van der Waals surface area (Å²) in [5.41, 5.74) is 9.46. The largest absolute Gasteiger partial charge is 0.510 e. The van der Waals surface area contributed by atoms with Crippen LogP contribution in [0.4, 0.5) is 16.3 Å². The molecule has 13 nitrogen and oxygen atoms in total. The van der Waals surface area contributed by atoms with Crippen LogP contribution in [0.3, 0.4) is 0 Å². The zero-order valence-corrected chi connectivity index (χ0v) is 24.9. The first-order chi connectivity index (χ1) is 21.3. The summed E-state index contributed by atoms with van der Waals surface area (Å²) in [5.74, 6) is 0.706. The van der Waals surface area contributed by atoms with Crippen LogP contribution in [0.25, 0.3) is 11.0 Å². The number of nitrogens with one attached hydrogen (secondary N) is 1. The Hall–Kier alpha value is -5.46. The van der Waals surface area contributed by atoms with E-state index in [0.29, 0.717) is 35.4 Å². The topological polar surface area (TPSA) is 163 Å². The van der Waals surface area contributed by atoms with Crippen molar-refractivity contribution in [3.8, 4) is 0 Å². The van der Waals surface area contributed by atoms with E-state index < -0.39 is 12.1 Å². The predicted octanol–water partition coefficient (Wildman–Crippen LogP) is 4.02. The minimum atomic E-state index is -0.783. The molecule has 0 fully saturated rings. The van der Waals surface area contributed by atoms with Crippen molar-refractivity contribution in [3.63, 3.8) is 0 Å². The summed E-state index contributed by atoms with van der Waals surface area (Å²) in [6, 6.07) is 17.9. The van der Waals surface area contributed by atoms with Crippen LogP contribution in [0.1, 0.15) is 41.5 Å². The highest BCUT2D eigenvalue weighted by atomic mass is 16.7. The molecular weight excluding hydrogens is 566 g/mol. The Morgan fingerprint density at radius 3 is 2.52 bits per heavy atom. The zero-order chi connectivity index (χ0) is 31.5. The average Bonchev–Trinajstić information content (AvgIpc) is 3.37. The molecule has 4 aromatic rings. The number of imidazole rings is 1. The number of aliphatic imine (C=N–C) groups is 1. The van der Waals surface area contributed by atoms with Gasteiger partial charge in [0, 0.05) is 36.6 Å². The van der Waals surface area contributed by atoms with E-state index in [1.54, 1.807) is 48.7 Å². The molecular formula is C31H35N7O6. The molecule has 0 bridgehead atoms. The number of methoxy groups -OCH3 is 1. The second-order valence-electron chi connectivity index (χ2n) is 9.61. The summed E-state index contributed by atoms with van der Waals surface area (Å²) < 4.78 is 16.4. The lowest BCUT2D eigenvalue weighted by Gasteiger charge is -2.21. The molecule has 0 aliphatic carbocycles. The number of amides is 1. The van der Waals surface area contributed by atoms with Crippen molar-refractivity contribution in [1.82, 2.24) is 14.5 Å². The summed E-state index contributed by atoms with van der Waals surface area (Å²) in [4.78, 5) is 51.3. The molecule has 2 aromatic carbocycles. The zero-order valence-electron chi connectivity index (χ0n) is 24.9. The first-order valence-electron chi connectivity index (χ1n) is 14.0. The predicted molar refractivity (Wildman–Crippen MR) is 165 cm³/mol. The molecule has 0 aliphatic rings. The van der Waals surface area contributed by atoms with Crippen molar-refractivity contribution in [3.05, 3.63) is 83.8 Å². The SMILES string of the molecule is CCCOC(=O)OC/N=C(/N)c1ccc(NCc2nc3cc(C(=O)N(CCC(=O)OC)c4ccccn4)ccc3n2C)cc1. The van der Waals surface area contributed by atoms with Gasteiger partial charge in [-0.25, -0.2) is 19.8 Å². The minimum Gasteiger partial charge on any atom is -0.469 e. The monoisotopic (exact) mass is 601 g/mol. The van der Waals surface area contributed by atoms with Crippen molar-refractivity contribution >= 4 is 46.4 Å². The maximum absolute atomic E-state index is 13.5. The van der Waals surface area contributed by atoms with Crippen LogP contribution in [-0.2, 0) is 32.6 Å². The van der Waals surface area contributed by atoms with Gasteiger partial charge < -0.3 is 29.8 Å². The molecule has 0 unspecified atom stereocenters. The number of pyridine rings is 1. The number of anilines is 2. The molecule has 0 radical (unpaired) electrons. The van der Waals surface area contributed by atoms with Crippen LogP contribution in [-0.4, -0.2) is 65.4 Å². The second-order valence-corrected chi connectivity index (χ2v) is 9.61. The quantitative estimate of drug-likeness (QED) is 0.130. The van der Waals surface area contributed by atoms with Crippen LogP contribution in [0.2, 0.25) is 0 Å². The van der Waals surface area contributed by atoms with Crippen LogP contribution >= 0.6 is 0 Å². The van der Waals surface area contributed by atoms with Gasteiger partial charge in [0.15, 0.2) is 6.73 Å². The molecule has 44 heavy (non-hydrogen) atoms. The van der Waals surface area contributed by atoms with Gasteiger partial charge in [-0.3, -0.25) is 14.5 Å². The molecule has 3 N–H and O–H groups in total. The summed E-state index contributed by atoms with van der Waals surface area (Å²) in [6.07, 6.45) is 1.54. The fourth-order valence-corrected chi connectivity index (χ4v) is 4.25. The van der Waals surface area contributed by atoms with Crippen LogP contribution < -0.4 is 16.0 Å².